The summed E-state index contributed by atoms with van der Waals surface area (Å²) in [6.45, 7) is 7.44. The molecule has 0 spiro atoms. The molecule has 0 aliphatic carbocycles. The van der Waals surface area contributed by atoms with Crippen molar-refractivity contribution in [3.8, 4) is 5.75 Å². The van der Waals surface area contributed by atoms with Crippen molar-refractivity contribution in [3.63, 3.8) is 0 Å². The molecular weight excluding hydrogens is 224 g/mol. The Bertz CT molecular complexity index is 366. The van der Waals surface area contributed by atoms with Gasteiger partial charge >= 0.3 is 0 Å². The maximum Gasteiger partial charge on any atom is 0.123 e. The molecule has 1 unspecified atom stereocenters. The number of aryl methyl sites for hydroxylation is 1. The molecule has 18 heavy (non-hydrogen) atoms. The van der Waals surface area contributed by atoms with Crippen LogP contribution in [0.3, 0.4) is 0 Å². The van der Waals surface area contributed by atoms with Crippen LogP contribution in [0.4, 0.5) is 0 Å². The van der Waals surface area contributed by atoms with Gasteiger partial charge in [0.2, 0.25) is 0 Å². The lowest BCUT2D eigenvalue weighted by atomic mass is 10.1. The molecular formula is C15H26N2O. The van der Waals surface area contributed by atoms with Crippen molar-refractivity contribution < 1.29 is 4.74 Å². The lowest BCUT2D eigenvalue weighted by Crippen LogP contribution is -2.29. The molecule has 0 bridgehead atoms. The third-order valence-electron chi connectivity index (χ3n) is 3.05. The molecule has 0 aliphatic heterocycles. The van der Waals surface area contributed by atoms with E-state index in [4.69, 9.17) is 4.74 Å². The molecule has 3 nitrogen and oxygen atoms in total. The first kappa shape index (κ1) is 15.0. The van der Waals surface area contributed by atoms with Crippen molar-refractivity contribution in [2.45, 2.75) is 20.4 Å². The molecule has 0 heterocycles. The van der Waals surface area contributed by atoms with Crippen molar-refractivity contribution in [2.24, 2.45) is 5.92 Å². The van der Waals surface area contributed by atoms with Crippen molar-refractivity contribution in [2.75, 3.05) is 34.3 Å². The molecule has 0 fully saturated rings. The monoisotopic (exact) mass is 250 g/mol. The zero-order valence-corrected chi connectivity index (χ0v) is 12.3. The Morgan fingerprint density at radius 2 is 2.11 bits per heavy atom. The van der Waals surface area contributed by atoms with Gasteiger partial charge < -0.3 is 15.0 Å². The number of hydrogen-bond donors (Lipinski definition) is 1. The minimum Gasteiger partial charge on any atom is -0.496 e. The minimum absolute atomic E-state index is 0.649. The van der Waals surface area contributed by atoms with Gasteiger partial charge in [0.15, 0.2) is 0 Å². The smallest absolute Gasteiger partial charge is 0.123 e. The summed E-state index contributed by atoms with van der Waals surface area (Å²) in [5.74, 6) is 1.63. The van der Waals surface area contributed by atoms with E-state index >= 15 is 0 Å². The molecule has 1 aromatic carbocycles. The van der Waals surface area contributed by atoms with Crippen molar-refractivity contribution >= 4 is 0 Å². The zero-order chi connectivity index (χ0) is 13.5. The molecule has 0 amide bonds. The fourth-order valence-corrected chi connectivity index (χ4v) is 2.33. The Morgan fingerprint density at radius 3 is 2.72 bits per heavy atom. The predicted octanol–water partition coefficient (Wildman–Crippen LogP) is 2.29. The lowest BCUT2D eigenvalue weighted by molar-refractivity contribution is 0.272. The van der Waals surface area contributed by atoms with Crippen LogP contribution in [0.5, 0.6) is 5.75 Å². The number of ether oxygens (including phenoxy) is 1. The summed E-state index contributed by atoms with van der Waals surface area (Å²) in [4.78, 5) is 2.35. The number of nitrogens with zero attached hydrogens (tertiary/aromatic N) is 1. The summed E-state index contributed by atoms with van der Waals surface area (Å²) < 4.78 is 5.41. The van der Waals surface area contributed by atoms with Crippen molar-refractivity contribution in [3.05, 3.63) is 29.3 Å². The van der Waals surface area contributed by atoms with E-state index in [1.807, 2.05) is 7.05 Å². The Balaban J connectivity index is 2.63. The first-order chi connectivity index (χ1) is 8.56. The molecule has 0 radical (unpaired) electrons. The van der Waals surface area contributed by atoms with Crippen LogP contribution in [0.25, 0.3) is 0 Å². The minimum atomic E-state index is 0.649. The Hall–Kier alpha value is -1.06. The van der Waals surface area contributed by atoms with Gasteiger partial charge in [0, 0.05) is 18.7 Å². The molecule has 0 saturated carbocycles. The van der Waals surface area contributed by atoms with E-state index < -0.39 is 0 Å². The van der Waals surface area contributed by atoms with Crippen LogP contribution in [-0.2, 0) is 6.54 Å². The molecule has 0 aliphatic rings. The highest BCUT2D eigenvalue weighted by Crippen LogP contribution is 2.21. The quantitative estimate of drug-likeness (QED) is 0.803. The number of rotatable bonds is 7. The van der Waals surface area contributed by atoms with E-state index in [0.717, 1.165) is 25.4 Å². The first-order valence-corrected chi connectivity index (χ1v) is 6.53. The van der Waals surface area contributed by atoms with Gasteiger partial charge in [0.05, 0.1) is 7.11 Å². The normalized spacial score (nSPS) is 12.8. The topological polar surface area (TPSA) is 24.5 Å². The van der Waals surface area contributed by atoms with Crippen LogP contribution in [-0.4, -0.2) is 39.2 Å². The van der Waals surface area contributed by atoms with Gasteiger partial charge in [-0.15, -0.1) is 0 Å². The molecule has 1 atom stereocenters. The summed E-state index contributed by atoms with van der Waals surface area (Å²) in [6, 6.07) is 6.35. The Morgan fingerprint density at radius 1 is 1.39 bits per heavy atom. The summed E-state index contributed by atoms with van der Waals surface area (Å²) in [5.41, 5.74) is 2.54. The second kappa shape index (κ2) is 7.39. The highest BCUT2D eigenvalue weighted by atomic mass is 16.5. The Labute approximate surface area is 111 Å². The van der Waals surface area contributed by atoms with E-state index in [0.29, 0.717) is 5.92 Å². The molecule has 0 saturated heterocycles. The summed E-state index contributed by atoms with van der Waals surface area (Å²) >= 11 is 0. The summed E-state index contributed by atoms with van der Waals surface area (Å²) in [7, 11) is 5.89. The second-order valence-corrected chi connectivity index (χ2v) is 5.17. The predicted molar refractivity (Wildman–Crippen MR) is 77.2 cm³/mol. The Kier molecular flexibility index (Phi) is 6.16. The van der Waals surface area contributed by atoms with Crippen LogP contribution in [0.2, 0.25) is 0 Å². The average molecular weight is 250 g/mol. The van der Waals surface area contributed by atoms with Crippen LogP contribution < -0.4 is 10.1 Å². The maximum atomic E-state index is 5.41. The fraction of sp³-hybridized carbons (Fsp3) is 0.600. The zero-order valence-electron chi connectivity index (χ0n) is 12.3. The van der Waals surface area contributed by atoms with Crippen LogP contribution >= 0.6 is 0 Å². The van der Waals surface area contributed by atoms with E-state index in [-0.39, 0.29) is 0 Å². The lowest BCUT2D eigenvalue weighted by Gasteiger charge is -2.22. The van der Waals surface area contributed by atoms with Gasteiger partial charge in [-0.25, -0.2) is 0 Å². The molecule has 102 valence electrons. The van der Waals surface area contributed by atoms with Crippen molar-refractivity contribution in [1.82, 2.24) is 10.2 Å². The van der Waals surface area contributed by atoms with Crippen LogP contribution in [0, 0.1) is 12.8 Å². The maximum absolute atomic E-state index is 5.41. The highest BCUT2D eigenvalue weighted by molar-refractivity contribution is 5.36. The van der Waals surface area contributed by atoms with Gasteiger partial charge in [0.1, 0.15) is 5.75 Å². The highest BCUT2D eigenvalue weighted by Gasteiger charge is 2.09. The number of hydrogen-bond acceptors (Lipinski definition) is 3. The first-order valence-electron chi connectivity index (χ1n) is 6.53. The third kappa shape index (κ3) is 4.67. The average Bonchev–Trinajstić information content (AvgIpc) is 2.29. The largest absolute Gasteiger partial charge is 0.496 e. The SMILES string of the molecule is CNCC(C)CN(C)Cc1cc(C)ccc1OC. The van der Waals surface area contributed by atoms with E-state index in [1.54, 1.807) is 7.11 Å². The number of nitrogens with one attached hydrogen (secondary N) is 1. The van der Waals surface area contributed by atoms with Crippen molar-refractivity contribution in [1.29, 1.82) is 0 Å². The van der Waals surface area contributed by atoms with Gasteiger partial charge in [-0.2, -0.15) is 0 Å². The van der Waals surface area contributed by atoms with Crippen LogP contribution in [0.1, 0.15) is 18.1 Å². The second-order valence-electron chi connectivity index (χ2n) is 5.17. The van der Waals surface area contributed by atoms with E-state index in [2.05, 4.69) is 49.3 Å². The molecule has 1 rings (SSSR count). The van der Waals surface area contributed by atoms with Crippen LogP contribution in [0.15, 0.2) is 18.2 Å². The van der Waals surface area contributed by atoms with Gasteiger partial charge in [0.25, 0.3) is 0 Å². The summed E-state index contributed by atoms with van der Waals surface area (Å²) in [6.07, 6.45) is 0. The molecule has 3 heteroatoms. The molecule has 1 aromatic rings. The molecule has 0 aromatic heterocycles. The van der Waals surface area contributed by atoms with Gasteiger partial charge in [-0.1, -0.05) is 24.6 Å². The van der Waals surface area contributed by atoms with Gasteiger partial charge in [-0.05, 0) is 39.5 Å². The third-order valence-corrected chi connectivity index (χ3v) is 3.05. The summed E-state index contributed by atoms with van der Waals surface area (Å²) in [5, 5.41) is 3.22. The standard InChI is InChI=1S/C15H26N2O/c1-12-6-7-15(18-5)14(8-12)11-17(4)10-13(2)9-16-3/h6-8,13,16H,9-11H2,1-5H3. The molecule has 1 N–H and O–H groups in total. The number of benzene rings is 1. The van der Waals surface area contributed by atoms with Gasteiger partial charge in [-0.3, -0.25) is 0 Å². The van der Waals surface area contributed by atoms with E-state index in [9.17, 15) is 0 Å². The fourth-order valence-electron chi connectivity index (χ4n) is 2.33. The van der Waals surface area contributed by atoms with E-state index in [1.165, 1.54) is 11.1 Å². The number of methoxy groups -OCH3 is 1.